The van der Waals surface area contributed by atoms with Crippen molar-refractivity contribution in [2.45, 2.75) is 31.6 Å². The fourth-order valence-electron chi connectivity index (χ4n) is 3.54. The van der Waals surface area contributed by atoms with Gasteiger partial charge in [0, 0.05) is 25.6 Å². The van der Waals surface area contributed by atoms with Crippen molar-refractivity contribution >= 4 is 35.5 Å². The molecule has 1 aromatic heterocycles. The zero-order chi connectivity index (χ0) is 25.5. The van der Waals surface area contributed by atoms with Crippen molar-refractivity contribution in [1.29, 1.82) is 0 Å². The number of nitrogens with one attached hydrogen (secondary N) is 3. The minimum Gasteiger partial charge on any atom is -0.481 e. The first-order chi connectivity index (χ1) is 17.4. The molecule has 2 heterocycles. The van der Waals surface area contributed by atoms with Gasteiger partial charge in [-0.1, -0.05) is 18.2 Å². The van der Waals surface area contributed by atoms with Crippen LogP contribution in [-0.2, 0) is 11.2 Å². The number of carboxylic acids is 1. The number of hydrogen-bond donors (Lipinski definition) is 4. The van der Waals surface area contributed by atoms with Crippen LogP contribution < -0.4 is 16.0 Å². The molecule has 0 unspecified atom stereocenters. The molecule has 4 rings (SSSR count). The predicted molar refractivity (Wildman–Crippen MR) is 136 cm³/mol. The number of anilines is 2. The topological polar surface area (TPSA) is 146 Å². The summed E-state index contributed by atoms with van der Waals surface area (Å²) in [5, 5.41) is 17.4. The lowest BCUT2D eigenvalue weighted by Crippen LogP contribution is -2.23. The highest BCUT2D eigenvalue weighted by molar-refractivity contribution is 6.10. The smallest absolute Gasteiger partial charge is 0.303 e. The number of carboxylic acid groups (broad SMARTS) is 1. The molecule has 36 heavy (non-hydrogen) atoms. The second-order valence-electron chi connectivity index (χ2n) is 8.32. The molecule has 0 radical (unpaired) electrons. The highest BCUT2D eigenvalue weighted by Gasteiger charge is 2.28. The zero-order valence-electron chi connectivity index (χ0n) is 19.7. The van der Waals surface area contributed by atoms with Crippen LogP contribution in [0.25, 0.3) is 0 Å². The monoisotopic (exact) mass is 486 g/mol. The minimum atomic E-state index is -0.931. The Hall–Kier alpha value is -4.60. The van der Waals surface area contributed by atoms with Crippen LogP contribution in [0.2, 0.25) is 0 Å². The Morgan fingerprint density at radius 1 is 1.11 bits per heavy atom. The number of carbonyl (C=O) groups is 3. The molecule has 0 spiro atoms. The maximum atomic E-state index is 13.4. The number of aryl methyl sites for hydroxylation is 1. The second-order valence-corrected chi connectivity index (χ2v) is 8.32. The van der Waals surface area contributed by atoms with Gasteiger partial charge in [-0.05, 0) is 49.1 Å². The predicted octanol–water partition coefficient (Wildman–Crippen LogP) is 3.43. The van der Waals surface area contributed by atoms with Gasteiger partial charge in [-0.2, -0.15) is 0 Å². The molecule has 4 N–H and O–H groups in total. The van der Waals surface area contributed by atoms with Gasteiger partial charge < -0.3 is 21.1 Å². The summed E-state index contributed by atoms with van der Waals surface area (Å²) in [6.45, 7) is 0. The summed E-state index contributed by atoms with van der Waals surface area (Å²) in [4.78, 5) is 50.1. The van der Waals surface area contributed by atoms with Crippen molar-refractivity contribution in [1.82, 2.24) is 15.3 Å². The van der Waals surface area contributed by atoms with E-state index < -0.39 is 17.8 Å². The van der Waals surface area contributed by atoms with Crippen molar-refractivity contribution in [2.24, 2.45) is 4.99 Å². The van der Waals surface area contributed by atoms with Gasteiger partial charge in [0.05, 0.1) is 35.1 Å². The number of allylic oxidation sites excluding steroid dienone is 5. The number of nitrogens with zero attached hydrogens (tertiary/aromatic N) is 3. The molecule has 0 saturated heterocycles. The fourth-order valence-corrected chi connectivity index (χ4v) is 3.54. The molecular weight excluding hydrogens is 460 g/mol. The van der Waals surface area contributed by atoms with Gasteiger partial charge >= 0.3 is 5.97 Å². The number of amides is 2. The molecule has 0 atom stereocenters. The molecule has 1 aromatic carbocycles. The standard InChI is InChI=1S/C26H26N6O4/c1-27-25(35)19-13-16(7-11-22(33)34)6-10-20(19)32-26(36)23-24(29-15-21(31-23)17-8-9-17)30-18-5-3-2-4-12-28-14-18/h2-6,10,12-15,17H,7-9,11H2,1H3,(H,27,35)(H,29,30)(H,32,36)(H,33,34)/b3-2+,4-2?,5-3?,12-4+,18-5+,18-14?,28-12?,28-14-. The molecule has 184 valence electrons. The van der Waals surface area contributed by atoms with E-state index in [0.29, 0.717) is 11.3 Å². The molecule has 1 aliphatic heterocycles. The Morgan fingerprint density at radius 2 is 1.94 bits per heavy atom. The first-order valence-electron chi connectivity index (χ1n) is 11.5. The van der Waals surface area contributed by atoms with Crippen LogP contribution in [0.3, 0.4) is 0 Å². The van der Waals surface area contributed by atoms with Gasteiger partial charge in [-0.15, -0.1) is 0 Å². The highest BCUT2D eigenvalue weighted by Crippen LogP contribution is 2.39. The van der Waals surface area contributed by atoms with E-state index in [0.717, 1.165) is 18.5 Å². The number of aliphatic imine (C=N–C) groups is 1. The lowest BCUT2D eigenvalue weighted by atomic mass is 10.0. The lowest BCUT2D eigenvalue weighted by Gasteiger charge is -2.15. The van der Waals surface area contributed by atoms with E-state index in [2.05, 4.69) is 30.9 Å². The third-order valence-electron chi connectivity index (χ3n) is 5.58. The van der Waals surface area contributed by atoms with Crippen LogP contribution in [0, 0.1) is 0 Å². The summed E-state index contributed by atoms with van der Waals surface area (Å²) in [5.41, 5.74) is 2.62. The van der Waals surface area contributed by atoms with Crippen LogP contribution in [0.15, 0.2) is 65.6 Å². The van der Waals surface area contributed by atoms with E-state index in [1.807, 2.05) is 12.2 Å². The number of aliphatic carboxylic acids is 1. The third-order valence-corrected chi connectivity index (χ3v) is 5.58. The highest BCUT2D eigenvalue weighted by atomic mass is 16.4. The molecule has 1 saturated carbocycles. The molecular formula is C26H26N6O4. The van der Waals surface area contributed by atoms with Gasteiger partial charge in [0.2, 0.25) is 0 Å². The SMILES string of the molecule is CNC(=O)c1cc(CCC(=O)O)ccc1NC(=O)c1nc(C2CC2)cnc1NC1=C/C=C/C=C/N=C\1. The molecule has 1 aliphatic carbocycles. The molecule has 10 nitrogen and oxygen atoms in total. The molecule has 10 heteroatoms. The Kier molecular flexibility index (Phi) is 7.64. The molecule has 2 aromatic rings. The molecule has 2 aliphatic rings. The average Bonchev–Trinajstić information content (AvgIpc) is 3.70. The van der Waals surface area contributed by atoms with Crippen LogP contribution >= 0.6 is 0 Å². The van der Waals surface area contributed by atoms with Crippen LogP contribution in [0.1, 0.15) is 57.3 Å². The first-order valence-corrected chi connectivity index (χ1v) is 11.5. The van der Waals surface area contributed by atoms with Crippen molar-refractivity contribution < 1.29 is 19.5 Å². The Morgan fingerprint density at radius 3 is 2.69 bits per heavy atom. The molecule has 1 fully saturated rings. The quantitative estimate of drug-likeness (QED) is 0.425. The molecule has 2 amide bonds. The van der Waals surface area contributed by atoms with Crippen molar-refractivity contribution in [3.63, 3.8) is 0 Å². The number of rotatable bonds is 9. The molecule has 0 bridgehead atoms. The number of benzene rings is 1. The second kappa shape index (κ2) is 11.2. The van der Waals surface area contributed by atoms with Crippen LogP contribution in [0.5, 0.6) is 0 Å². The summed E-state index contributed by atoms with van der Waals surface area (Å²) in [6.07, 6.45) is 14.4. The van der Waals surface area contributed by atoms with E-state index >= 15 is 0 Å². The largest absolute Gasteiger partial charge is 0.481 e. The van der Waals surface area contributed by atoms with Gasteiger partial charge in [0.15, 0.2) is 11.5 Å². The number of carbonyl (C=O) groups excluding carboxylic acids is 2. The average molecular weight is 487 g/mol. The third kappa shape index (κ3) is 6.29. The Bertz CT molecular complexity index is 1310. The number of hydrogen-bond acceptors (Lipinski definition) is 7. The van der Waals surface area contributed by atoms with Crippen LogP contribution in [-0.4, -0.2) is 46.1 Å². The van der Waals surface area contributed by atoms with Crippen molar-refractivity contribution in [3.05, 3.63) is 83.1 Å². The summed E-state index contributed by atoms with van der Waals surface area (Å²) in [7, 11) is 1.48. The Labute approximate surface area is 208 Å². The van der Waals surface area contributed by atoms with Crippen LogP contribution in [0.4, 0.5) is 11.5 Å². The normalized spacial score (nSPS) is 18.5. The van der Waals surface area contributed by atoms with E-state index in [4.69, 9.17) is 5.11 Å². The van der Waals surface area contributed by atoms with Gasteiger partial charge in [0.1, 0.15) is 0 Å². The van der Waals surface area contributed by atoms with E-state index in [9.17, 15) is 14.4 Å². The Balaban J connectivity index is 1.64. The summed E-state index contributed by atoms with van der Waals surface area (Å²) < 4.78 is 0. The first kappa shape index (κ1) is 24.5. The van der Waals surface area contributed by atoms with Crippen molar-refractivity contribution in [3.8, 4) is 0 Å². The van der Waals surface area contributed by atoms with E-state index in [1.165, 1.54) is 7.05 Å². The zero-order valence-corrected chi connectivity index (χ0v) is 19.7. The van der Waals surface area contributed by atoms with E-state index in [1.54, 1.807) is 49.0 Å². The minimum absolute atomic E-state index is 0.0679. The lowest BCUT2D eigenvalue weighted by molar-refractivity contribution is -0.136. The van der Waals surface area contributed by atoms with Gasteiger partial charge in [-0.3, -0.25) is 19.4 Å². The summed E-state index contributed by atoms with van der Waals surface area (Å²) in [5.74, 6) is -1.33. The maximum Gasteiger partial charge on any atom is 0.303 e. The summed E-state index contributed by atoms with van der Waals surface area (Å²) in [6, 6.07) is 4.86. The van der Waals surface area contributed by atoms with Crippen molar-refractivity contribution in [2.75, 3.05) is 17.7 Å². The maximum absolute atomic E-state index is 13.4. The number of aromatic nitrogens is 2. The van der Waals surface area contributed by atoms with E-state index in [-0.39, 0.29) is 41.5 Å². The summed E-state index contributed by atoms with van der Waals surface area (Å²) >= 11 is 0. The fraction of sp³-hybridized carbons (Fsp3) is 0.231. The van der Waals surface area contributed by atoms with Gasteiger partial charge in [-0.25, -0.2) is 9.97 Å². The van der Waals surface area contributed by atoms with Gasteiger partial charge in [0.25, 0.3) is 11.8 Å².